The first-order chi connectivity index (χ1) is 11.0. The summed E-state index contributed by atoms with van der Waals surface area (Å²) in [5, 5.41) is 17.8. The SMILES string of the molecule is C=C/C=C\C/C(=C\C)Cn1cc(C/C=C(/O)C(=O)N(C)C)nn1. The van der Waals surface area contributed by atoms with E-state index >= 15 is 0 Å². The van der Waals surface area contributed by atoms with Crippen molar-refractivity contribution in [1.82, 2.24) is 19.9 Å². The van der Waals surface area contributed by atoms with E-state index in [0.717, 1.165) is 6.42 Å². The maximum Gasteiger partial charge on any atom is 0.287 e. The van der Waals surface area contributed by atoms with Gasteiger partial charge in [0.1, 0.15) is 0 Å². The molecule has 0 saturated carbocycles. The molecule has 124 valence electrons. The van der Waals surface area contributed by atoms with Crippen LogP contribution in [-0.4, -0.2) is 45.0 Å². The quantitative estimate of drug-likeness (QED) is 0.346. The van der Waals surface area contributed by atoms with Crippen LogP contribution < -0.4 is 0 Å². The highest BCUT2D eigenvalue weighted by atomic mass is 16.3. The van der Waals surface area contributed by atoms with Gasteiger partial charge >= 0.3 is 0 Å². The number of nitrogens with zero attached hydrogens (tertiary/aromatic N) is 4. The summed E-state index contributed by atoms with van der Waals surface area (Å²) in [4.78, 5) is 12.8. The monoisotopic (exact) mass is 316 g/mol. The molecule has 0 bridgehead atoms. The van der Waals surface area contributed by atoms with Crippen LogP contribution in [0.15, 0.2) is 54.5 Å². The van der Waals surface area contributed by atoms with E-state index in [0.29, 0.717) is 18.7 Å². The van der Waals surface area contributed by atoms with Crippen molar-refractivity contribution in [3.8, 4) is 0 Å². The first-order valence-corrected chi connectivity index (χ1v) is 7.39. The van der Waals surface area contributed by atoms with Crippen LogP contribution in [0.4, 0.5) is 0 Å². The van der Waals surface area contributed by atoms with Gasteiger partial charge in [0.2, 0.25) is 0 Å². The summed E-state index contributed by atoms with van der Waals surface area (Å²) in [7, 11) is 3.17. The molecule has 0 aliphatic heterocycles. The van der Waals surface area contributed by atoms with Gasteiger partial charge in [-0.3, -0.25) is 4.79 Å². The number of amides is 1. The van der Waals surface area contributed by atoms with Gasteiger partial charge in [-0.2, -0.15) is 0 Å². The summed E-state index contributed by atoms with van der Waals surface area (Å²) in [6.07, 6.45) is 12.2. The summed E-state index contributed by atoms with van der Waals surface area (Å²) in [5.41, 5.74) is 1.90. The number of rotatable bonds is 8. The van der Waals surface area contributed by atoms with Gasteiger partial charge in [-0.1, -0.05) is 36.1 Å². The lowest BCUT2D eigenvalue weighted by atomic mass is 10.1. The van der Waals surface area contributed by atoms with E-state index in [1.165, 1.54) is 16.5 Å². The van der Waals surface area contributed by atoms with Crippen molar-refractivity contribution in [1.29, 1.82) is 0 Å². The third-order valence-corrected chi connectivity index (χ3v) is 3.14. The first-order valence-electron chi connectivity index (χ1n) is 7.39. The van der Waals surface area contributed by atoms with Crippen LogP contribution in [0.2, 0.25) is 0 Å². The Kier molecular flexibility index (Phi) is 7.53. The highest BCUT2D eigenvalue weighted by Gasteiger charge is 2.09. The highest BCUT2D eigenvalue weighted by molar-refractivity contribution is 5.90. The van der Waals surface area contributed by atoms with Crippen LogP contribution in [0, 0.1) is 0 Å². The minimum absolute atomic E-state index is 0.284. The van der Waals surface area contributed by atoms with Gasteiger partial charge in [0.05, 0.1) is 12.2 Å². The minimum atomic E-state index is -0.428. The molecule has 0 aliphatic rings. The molecular weight excluding hydrogens is 292 g/mol. The Morgan fingerprint density at radius 3 is 2.83 bits per heavy atom. The Labute approximate surface area is 137 Å². The highest BCUT2D eigenvalue weighted by Crippen LogP contribution is 2.07. The Hall–Kier alpha value is -2.63. The molecule has 23 heavy (non-hydrogen) atoms. The Bertz CT molecular complexity index is 624. The summed E-state index contributed by atoms with van der Waals surface area (Å²) >= 11 is 0. The number of aromatic nitrogens is 3. The third-order valence-electron chi connectivity index (χ3n) is 3.14. The van der Waals surface area contributed by atoms with Gasteiger partial charge in [-0.05, 0) is 25.0 Å². The second kappa shape index (κ2) is 9.40. The van der Waals surface area contributed by atoms with Gasteiger partial charge < -0.3 is 10.0 Å². The van der Waals surface area contributed by atoms with Gasteiger partial charge in [-0.25, -0.2) is 4.68 Å². The van der Waals surface area contributed by atoms with Gasteiger partial charge in [-0.15, -0.1) is 5.10 Å². The Morgan fingerprint density at radius 1 is 1.48 bits per heavy atom. The summed E-state index contributed by atoms with van der Waals surface area (Å²) in [6, 6.07) is 0. The second-order valence-electron chi connectivity index (χ2n) is 5.22. The topological polar surface area (TPSA) is 71.2 Å². The summed E-state index contributed by atoms with van der Waals surface area (Å²) in [6.45, 7) is 6.28. The molecule has 0 fully saturated rings. The number of likely N-dealkylation sites (N-methyl/N-ethyl adjacent to an activating group) is 1. The second-order valence-corrected chi connectivity index (χ2v) is 5.22. The molecule has 0 aromatic carbocycles. The molecule has 1 N–H and O–H groups in total. The lowest BCUT2D eigenvalue weighted by molar-refractivity contribution is -0.127. The largest absolute Gasteiger partial charge is 0.503 e. The van der Waals surface area contributed by atoms with E-state index in [1.54, 1.807) is 24.9 Å². The third kappa shape index (κ3) is 6.34. The average molecular weight is 316 g/mol. The molecule has 1 heterocycles. The number of carbonyl (C=O) groups is 1. The standard InChI is InChI=1S/C17H24N4O2/c1-5-7-8-9-14(6-2)12-21-13-15(18-19-21)10-11-16(22)17(23)20(3)4/h5-8,11,13,22H,1,9-10,12H2,2-4H3/b8-7-,14-6+,16-11+. The molecule has 0 unspecified atom stereocenters. The Balaban J connectivity index is 2.64. The van der Waals surface area contributed by atoms with E-state index in [1.807, 2.05) is 25.3 Å². The molecule has 0 spiro atoms. The molecule has 0 atom stereocenters. The maximum atomic E-state index is 11.5. The van der Waals surface area contributed by atoms with Crippen molar-refractivity contribution in [3.05, 3.63) is 60.2 Å². The molecule has 6 heteroatoms. The smallest absolute Gasteiger partial charge is 0.287 e. The van der Waals surface area contributed by atoms with Crippen molar-refractivity contribution in [2.24, 2.45) is 0 Å². The van der Waals surface area contributed by atoms with Gasteiger partial charge in [0.15, 0.2) is 5.76 Å². The van der Waals surface area contributed by atoms with Crippen molar-refractivity contribution < 1.29 is 9.90 Å². The van der Waals surface area contributed by atoms with E-state index in [2.05, 4.69) is 23.0 Å². The van der Waals surface area contributed by atoms with Crippen LogP contribution >= 0.6 is 0 Å². The van der Waals surface area contributed by atoms with E-state index in [-0.39, 0.29) is 5.76 Å². The molecule has 0 saturated heterocycles. The lowest BCUT2D eigenvalue weighted by Crippen LogP contribution is -2.23. The zero-order chi connectivity index (χ0) is 17.2. The number of aliphatic hydroxyl groups is 1. The van der Waals surface area contributed by atoms with Crippen LogP contribution in [0.5, 0.6) is 0 Å². The fraction of sp³-hybridized carbons (Fsp3) is 0.353. The van der Waals surface area contributed by atoms with E-state index in [9.17, 15) is 9.90 Å². The zero-order valence-corrected chi connectivity index (χ0v) is 13.9. The van der Waals surface area contributed by atoms with Crippen molar-refractivity contribution in [3.63, 3.8) is 0 Å². The molecule has 0 radical (unpaired) electrons. The number of allylic oxidation sites excluding steroid dienone is 6. The van der Waals surface area contributed by atoms with Crippen LogP contribution in [0.1, 0.15) is 19.0 Å². The lowest BCUT2D eigenvalue weighted by Gasteiger charge is -2.08. The predicted octanol–water partition coefficient (Wildman–Crippen LogP) is 2.43. The first kappa shape index (κ1) is 18.4. The van der Waals surface area contributed by atoms with Crippen molar-refractivity contribution in [2.75, 3.05) is 14.1 Å². The molecule has 6 nitrogen and oxygen atoms in total. The van der Waals surface area contributed by atoms with Gasteiger partial charge in [0, 0.05) is 26.7 Å². The molecule has 1 rings (SSSR count). The molecule has 1 aromatic heterocycles. The number of hydrogen-bond donors (Lipinski definition) is 1. The van der Waals surface area contributed by atoms with E-state index < -0.39 is 5.91 Å². The van der Waals surface area contributed by atoms with Gasteiger partial charge in [0.25, 0.3) is 5.91 Å². The molecule has 1 amide bonds. The number of hydrogen-bond acceptors (Lipinski definition) is 4. The van der Waals surface area contributed by atoms with Crippen LogP contribution in [-0.2, 0) is 17.8 Å². The predicted molar refractivity (Wildman–Crippen MR) is 90.8 cm³/mol. The number of carbonyl (C=O) groups excluding carboxylic acids is 1. The molecular formula is C17H24N4O2. The fourth-order valence-electron chi connectivity index (χ4n) is 1.82. The average Bonchev–Trinajstić information content (AvgIpc) is 2.98. The van der Waals surface area contributed by atoms with E-state index in [4.69, 9.17) is 0 Å². The summed E-state index contributed by atoms with van der Waals surface area (Å²) < 4.78 is 1.74. The molecule has 1 aromatic rings. The van der Waals surface area contributed by atoms with Crippen molar-refractivity contribution >= 4 is 5.91 Å². The maximum absolute atomic E-state index is 11.5. The Morgan fingerprint density at radius 2 is 2.22 bits per heavy atom. The van der Waals surface area contributed by atoms with Crippen LogP contribution in [0.3, 0.4) is 0 Å². The fourth-order valence-corrected chi connectivity index (χ4v) is 1.82. The van der Waals surface area contributed by atoms with Crippen molar-refractivity contribution in [2.45, 2.75) is 26.3 Å². The zero-order valence-electron chi connectivity index (χ0n) is 13.9. The number of aliphatic hydroxyl groups excluding tert-OH is 1. The minimum Gasteiger partial charge on any atom is -0.503 e. The molecule has 0 aliphatic carbocycles. The van der Waals surface area contributed by atoms with Crippen LogP contribution in [0.25, 0.3) is 0 Å². The normalized spacial score (nSPS) is 12.7. The summed E-state index contributed by atoms with van der Waals surface area (Å²) in [5.74, 6) is -0.712.